The molecule has 260 valence electrons. The van der Waals surface area contributed by atoms with Gasteiger partial charge in [-0.2, -0.15) is 0 Å². The number of aromatic nitrogens is 2. The molecule has 56 heavy (non-hydrogen) atoms. The average Bonchev–Trinajstić information content (AvgIpc) is 3.79. The first-order valence-electron chi connectivity index (χ1n) is 19.1. The molecule has 2 heterocycles. The molecular weight excluding hydrogens is 677 g/mol. The van der Waals surface area contributed by atoms with Crippen LogP contribution in [0.1, 0.15) is 0 Å². The maximum atomic E-state index is 3.08. The number of hydrogen-bond donors (Lipinski definition) is 0. The van der Waals surface area contributed by atoms with Crippen LogP contribution in [0.15, 0.2) is 206 Å². The highest BCUT2D eigenvalue weighted by molar-refractivity contribution is 6.12. The lowest BCUT2D eigenvalue weighted by Gasteiger charge is -2.13. The second kappa shape index (κ2) is 13.1. The van der Waals surface area contributed by atoms with Crippen LogP contribution in [0, 0.1) is 12.1 Å². The molecule has 0 aliphatic carbocycles. The minimum atomic E-state index is 1.13. The van der Waals surface area contributed by atoms with E-state index >= 15 is 0 Å². The molecule has 0 fully saturated rings. The Morgan fingerprint density at radius 2 is 0.696 bits per heavy atom. The second-order valence-electron chi connectivity index (χ2n) is 14.4. The molecule has 0 saturated heterocycles. The van der Waals surface area contributed by atoms with Crippen molar-refractivity contribution in [3.63, 3.8) is 0 Å². The number of hydrogen-bond acceptors (Lipinski definition) is 0. The molecule has 2 nitrogen and oxygen atoms in total. The largest absolute Gasteiger partial charge is 0.309 e. The van der Waals surface area contributed by atoms with Crippen molar-refractivity contribution in [3.8, 4) is 55.9 Å². The maximum Gasteiger partial charge on any atom is 0.0542 e. The van der Waals surface area contributed by atoms with Crippen LogP contribution in [-0.2, 0) is 0 Å². The Bertz CT molecular complexity index is 3150. The molecule has 11 rings (SSSR count). The molecule has 0 aliphatic rings. The monoisotopic (exact) mass is 710 g/mol. The molecule has 0 N–H and O–H groups in total. The summed E-state index contributed by atoms with van der Waals surface area (Å²) in [7, 11) is 0. The van der Waals surface area contributed by atoms with Crippen LogP contribution < -0.4 is 0 Å². The van der Waals surface area contributed by atoms with Crippen molar-refractivity contribution in [2.75, 3.05) is 0 Å². The molecule has 11 aromatic rings. The zero-order valence-electron chi connectivity index (χ0n) is 30.5. The quantitative estimate of drug-likeness (QED) is 0.163. The van der Waals surface area contributed by atoms with E-state index < -0.39 is 0 Å². The van der Waals surface area contributed by atoms with Gasteiger partial charge in [0.15, 0.2) is 0 Å². The normalized spacial score (nSPS) is 11.4. The minimum Gasteiger partial charge on any atom is -0.309 e. The van der Waals surface area contributed by atoms with Crippen LogP contribution in [-0.4, -0.2) is 9.13 Å². The van der Waals surface area contributed by atoms with Crippen LogP contribution >= 0.6 is 0 Å². The fraction of sp³-hybridized carbons (Fsp3) is 0. The van der Waals surface area contributed by atoms with Gasteiger partial charge < -0.3 is 9.13 Å². The van der Waals surface area contributed by atoms with Crippen molar-refractivity contribution < 1.29 is 0 Å². The maximum absolute atomic E-state index is 3.08. The molecule has 0 amide bonds. The lowest BCUT2D eigenvalue weighted by atomic mass is 9.92. The zero-order chi connectivity index (χ0) is 37.0. The Morgan fingerprint density at radius 1 is 0.268 bits per heavy atom. The SMILES string of the molecule is c1ccc(-c2ccc(-c3cc(-c4ccccc4)cc(-c4ccc(-n5c6ccccc6c6cc(-n7c8ccccc8c8ccccc87)ccc65)cc4)c3)cc2)cc#1. The lowest BCUT2D eigenvalue weighted by molar-refractivity contribution is 1.17. The van der Waals surface area contributed by atoms with Crippen LogP contribution in [0.5, 0.6) is 0 Å². The number of nitrogens with zero attached hydrogens (tertiary/aromatic N) is 2. The van der Waals surface area contributed by atoms with Crippen LogP contribution in [0.4, 0.5) is 0 Å². The van der Waals surface area contributed by atoms with Gasteiger partial charge in [-0.15, -0.1) is 0 Å². The van der Waals surface area contributed by atoms with E-state index in [1.165, 1.54) is 82.6 Å². The first-order chi connectivity index (χ1) is 27.8. The van der Waals surface area contributed by atoms with E-state index in [9.17, 15) is 0 Å². The number of benzene rings is 8. The van der Waals surface area contributed by atoms with Gasteiger partial charge in [-0.3, -0.25) is 0 Å². The fourth-order valence-electron chi connectivity index (χ4n) is 8.52. The summed E-state index contributed by atoms with van der Waals surface area (Å²) in [4.78, 5) is 0. The van der Waals surface area contributed by atoms with Crippen molar-refractivity contribution in [2.24, 2.45) is 0 Å². The average molecular weight is 711 g/mol. The first kappa shape index (κ1) is 31.9. The Labute approximate surface area is 325 Å². The van der Waals surface area contributed by atoms with E-state index in [0.717, 1.165) is 16.9 Å². The summed E-state index contributed by atoms with van der Waals surface area (Å²) in [5.74, 6) is 0. The molecule has 2 heteroatoms. The molecule has 0 bridgehead atoms. The van der Waals surface area contributed by atoms with Crippen molar-refractivity contribution in [3.05, 3.63) is 218 Å². The lowest BCUT2D eigenvalue weighted by Crippen LogP contribution is -1.96. The van der Waals surface area contributed by atoms with E-state index in [4.69, 9.17) is 0 Å². The number of rotatable bonds is 6. The van der Waals surface area contributed by atoms with Gasteiger partial charge in [0.2, 0.25) is 0 Å². The van der Waals surface area contributed by atoms with Gasteiger partial charge in [0.25, 0.3) is 0 Å². The van der Waals surface area contributed by atoms with Crippen molar-refractivity contribution in [1.82, 2.24) is 9.13 Å². The third-order valence-corrected chi connectivity index (χ3v) is 11.2. The molecule has 0 unspecified atom stereocenters. The highest BCUT2D eigenvalue weighted by atomic mass is 15.0. The van der Waals surface area contributed by atoms with E-state index in [-0.39, 0.29) is 0 Å². The van der Waals surface area contributed by atoms with Gasteiger partial charge in [-0.25, -0.2) is 0 Å². The van der Waals surface area contributed by atoms with E-state index in [0.29, 0.717) is 0 Å². The first-order valence-corrected chi connectivity index (χ1v) is 19.1. The Hall–Kier alpha value is -7.60. The van der Waals surface area contributed by atoms with Gasteiger partial charge in [0.05, 0.1) is 22.1 Å². The van der Waals surface area contributed by atoms with E-state index in [1.54, 1.807) is 0 Å². The standard InChI is InChI=1S/C54H34N2/c1-3-13-37(14-4-1)39-23-25-40(26-24-39)43-33-42(38-15-5-2-6-16-38)34-44(35-43)41-27-29-45(30-28-41)55-53-22-12-9-19-49(53)50-36-46(31-32-54(50)55)56-51-20-10-7-17-47(51)48-18-8-11-21-52(48)56/h2-3,5-36H. The van der Waals surface area contributed by atoms with Crippen molar-refractivity contribution in [2.45, 2.75) is 0 Å². The molecule has 0 aliphatic heterocycles. The molecule has 9 aromatic carbocycles. The van der Waals surface area contributed by atoms with Gasteiger partial charge in [-0.05, 0) is 129 Å². The van der Waals surface area contributed by atoms with Crippen LogP contribution in [0.2, 0.25) is 0 Å². The van der Waals surface area contributed by atoms with Gasteiger partial charge in [-0.1, -0.05) is 133 Å². The summed E-state index contributed by atoms with van der Waals surface area (Å²) in [5, 5.41) is 5.01. The second-order valence-corrected chi connectivity index (χ2v) is 14.4. The van der Waals surface area contributed by atoms with Crippen molar-refractivity contribution in [1.29, 1.82) is 0 Å². The Kier molecular flexibility index (Phi) is 7.44. The summed E-state index contributed by atoms with van der Waals surface area (Å²) in [6.45, 7) is 0. The van der Waals surface area contributed by atoms with Gasteiger partial charge >= 0.3 is 0 Å². The fourth-order valence-corrected chi connectivity index (χ4v) is 8.52. The Morgan fingerprint density at radius 3 is 1.25 bits per heavy atom. The number of para-hydroxylation sites is 3. The zero-order valence-corrected chi connectivity index (χ0v) is 30.5. The van der Waals surface area contributed by atoms with Crippen LogP contribution in [0.3, 0.4) is 0 Å². The molecule has 0 saturated carbocycles. The molecule has 0 spiro atoms. The minimum absolute atomic E-state index is 1.13. The van der Waals surface area contributed by atoms with Crippen molar-refractivity contribution >= 4 is 43.6 Å². The smallest absolute Gasteiger partial charge is 0.0542 e. The molecule has 2 aromatic heterocycles. The highest BCUT2D eigenvalue weighted by Gasteiger charge is 2.17. The van der Waals surface area contributed by atoms with Crippen LogP contribution in [0.25, 0.3) is 99.5 Å². The third kappa shape index (κ3) is 5.29. The van der Waals surface area contributed by atoms with Gasteiger partial charge in [0, 0.05) is 32.9 Å². The summed E-state index contributed by atoms with van der Waals surface area (Å²) in [5.41, 5.74) is 16.5. The highest BCUT2D eigenvalue weighted by Crippen LogP contribution is 2.38. The summed E-state index contributed by atoms with van der Waals surface area (Å²) in [6.07, 6.45) is 0. The summed E-state index contributed by atoms with van der Waals surface area (Å²) >= 11 is 0. The topological polar surface area (TPSA) is 9.86 Å². The third-order valence-electron chi connectivity index (χ3n) is 11.2. The summed E-state index contributed by atoms with van der Waals surface area (Å²) < 4.78 is 4.80. The predicted octanol–water partition coefficient (Wildman–Crippen LogP) is 14.1. The van der Waals surface area contributed by atoms with Gasteiger partial charge in [0.1, 0.15) is 0 Å². The molecule has 0 radical (unpaired) electrons. The predicted molar refractivity (Wildman–Crippen MR) is 235 cm³/mol. The number of fused-ring (bicyclic) bond motifs is 6. The Balaban J connectivity index is 1.01. The summed E-state index contributed by atoms with van der Waals surface area (Å²) in [6, 6.07) is 80.6. The van der Waals surface area contributed by atoms with E-state index in [1.807, 2.05) is 12.1 Å². The molecule has 0 atom stereocenters. The molecular formula is C54H34N2. The van der Waals surface area contributed by atoms with E-state index in [2.05, 4.69) is 215 Å².